The lowest BCUT2D eigenvalue weighted by Gasteiger charge is -2.25. The van der Waals surface area contributed by atoms with E-state index >= 15 is 0 Å². The number of aliphatic hydroxyl groups is 1. The summed E-state index contributed by atoms with van der Waals surface area (Å²) < 4.78 is 0. The first-order chi connectivity index (χ1) is 7.22. The zero-order chi connectivity index (χ0) is 10.9. The molecule has 2 unspecified atom stereocenters. The molecule has 1 amide bonds. The van der Waals surface area contributed by atoms with Crippen molar-refractivity contribution < 1.29 is 9.90 Å². The standard InChI is InChI=1S/C10H19N3O2.2ClH/c1-11-3-9(15)13-4-8-2-12-5-10(8,6-13)7-14;;/h8,11-12,14H,2-7H2,1H3;2*1H. The monoisotopic (exact) mass is 285 g/mol. The van der Waals surface area contributed by atoms with Crippen LogP contribution in [0.5, 0.6) is 0 Å². The molecular formula is C10H21Cl2N3O2. The molecule has 2 aliphatic heterocycles. The number of fused-ring (bicyclic) bond motifs is 1. The van der Waals surface area contributed by atoms with E-state index in [-0.39, 0.29) is 42.7 Å². The molecule has 2 aliphatic rings. The second-order valence-electron chi connectivity index (χ2n) is 4.65. The number of likely N-dealkylation sites (tertiary alicyclic amines) is 1. The Hall–Kier alpha value is -0.0700. The Morgan fingerprint density at radius 3 is 2.82 bits per heavy atom. The van der Waals surface area contributed by atoms with Crippen LogP contribution in [0.3, 0.4) is 0 Å². The summed E-state index contributed by atoms with van der Waals surface area (Å²) in [4.78, 5) is 13.6. The Kier molecular flexibility index (Phi) is 6.73. The van der Waals surface area contributed by atoms with Crippen LogP contribution in [0.4, 0.5) is 0 Å². The first kappa shape index (κ1) is 16.9. The van der Waals surface area contributed by atoms with Crippen LogP contribution in [0.25, 0.3) is 0 Å². The topological polar surface area (TPSA) is 64.6 Å². The van der Waals surface area contributed by atoms with Gasteiger partial charge in [-0.15, -0.1) is 24.8 Å². The van der Waals surface area contributed by atoms with E-state index in [0.29, 0.717) is 19.0 Å². The quantitative estimate of drug-likeness (QED) is 0.628. The van der Waals surface area contributed by atoms with Crippen molar-refractivity contribution >= 4 is 30.7 Å². The Balaban J connectivity index is 0.00000128. The van der Waals surface area contributed by atoms with Gasteiger partial charge < -0.3 is 20.6 Å². The molecule has 2 atom stereocenters. The molecule has 102 valence electrons. The fraction of sp³-hybridized carbons (Fsp3) is 0.900. The molecule has 3 N–H and O–H groups in total. The fourth-order valence-electron chi connectivity index (χ4n) is 2.70. The summed E-state index contributed by atoms with van der Waals surface area (Å²) >= 11 is 0. The van der Waals surface area contributed by atoms with E-state index in [1.165, 1.54) is 0 Å². The molecular weight excluding hydrogens is 265 g/mol. The van der Waals surface area contributed by atoms with Gasteiger partial charge in [0.2, 0.25) is 5.91 Å². The molecule has 0 bridgehead atoms. The second kappa shape index (κ2) is 6.75. The van der Waals surface area contributed by atoms with Crippen LogP contribution >= 0.6 is 24.8 Å². The van der Waals surface area contributed by atoms with E-state index in [2.05, 4.69) is 10.6 Å². The maximum Gasteiger partial charge on any atom is 0.236 e. The number of halogens is 2. The third-order valence-electron chi connectivity index (χ3n) is 3.68. The molecule has 7 heteroatoms. The summed E-state index contributed by atoms with van der Waals surface area (Å²) in [6.07, 6.45) is 0. The van der Waals surface area contributed by atoms with Crippen molar-refractivity contribution in [2.45, 2.75) is 0 Å². The lowest BCUT2D eigenvalue weighted by Crippen LogP contribution is -2.40. The number of amides is 1. The van der Waals surface area contributed by atoms with E-state index in [0.717, 1.165) is 19.6 Å². The molecule has 0 spiro atoms. The van der Waals surface area contributed by atoms with Crippen molar-refractivity contribution in [3.63, 3.8) is 0 Å². The first-order valence-electron chi connectivity index (χ1n) is 5.46. The first-order valence-corrected chi connectivity index (χ1v) is 5.46. The van der Waals surface area contributed by atoms with Gasteiger partial charge in [0.15, 0.2) is 0 Å². The van der Waals surface area contributed by atoms with Crippen LogP contribution in [-0.4, -0.2) is 62.3 Å². The Morgan fingerprint density at radius 2 is 2.29 bits per heavy atom. The zero-order valence-electron chi connectivity index (χ0n) is 9.94. The molecule has 5 nitrogen and oxygen atoms in total. The van der Waals surface area contributed by atoms with E-state index < -0.39 is 0 Å². The highest BCUT2D eigenvalue weighted by Gasteiger charge is 2.50. The van der Waals surface area contributed by atoms with Gasteiger partial charge in [0.25, 0.3) is 0 Å². The van der Waals surface area contributed by atoms with Gasteiger partial charge in [-0.3, -0.25) is 4.79 Å². The molecule has 0 aromatic rings. The van der Waals surface area contributed by atoms with Gasteiger partial charge in [-0.05, 0) is 13.0 Å². The molecule has 2 saturated heterocycles. The molecule has 0 saturated carbocycles. The second-order valence-corrected chi connectivity index (χ2v) is 4.65. The number of nitrogens with one attached hydrogen (secondary N) is 2. The van der Waals surface area contributed by atoms with Gasteiger partial charge in [0.05, 0.1) is 13.2 Å². The summed E-state index contributed by atoms with van der Waals surface area (Å²) in [5, 5.41) is 15.6. The minimum absolute atomic E-state index is 0. The number of rotatable bonds is 3. The molecule has 17 heavy (non-hydrogen) atoms. The molecule has 2 fully saturated rings. The number of aliphatic hydroxyl groups excluding tert-OH is 1. The number of nitrogens with zero attached hydrogens (tertiary/aromatic N) is 1. The van der Waals surface area contributed by atoms with Gasteiger partial charge in [-0.2, -0.15) is 0 Å². The predicted octanol–water partition coefficient (Wildman–Crippen LogP) is -0.910. The third-order valence-corrected chi connectivity index (χ3v) is 3.68. The molecule has 2 heterocycles. The number of hydrogen-bond acceptors (Lipinski definition) is 4. The number of carbonyl (C=O) groups excluding carboxylic acids is 1. The smallest absolute Gasteiger partial charge is 0.236 e. The maximum atomic E-state index is 11.7. The average Bonchev–Trinajstić information content (AvgIpc) is 2.73. The van der Waals surface area contributed by atoms with Gasteiger partial charge >= 0.3 is 0 Å². The number of hydrogen-bond donors (Lipinski definition) is 3. The minimum atomic E-state index is -0.0800. The van der Waals surface area contributed by atoms with Crippen LogP contribution < -0.4 is 10.6 Å². The highest BCUT2D eigenvalue weighted by Crippen LogP contribution is 2.38. The van der Waals surface area contributed by atoms with E-state index in [1.54, 1.807) is 7.05 Å². The Morgan fingerprint density at radius 1 is 1.59 bits per heavy atom. The van der Waals surface area contributed by atoms with E-state index in [1.807, 2.05) is 4.90 Å². The Labute approximate surface area is 114 Å². The largest absolute Gasteiger partial charge is 0.396 e. The minimum Gasteiger partial charge on any atom is -0.396 e. The van der Waals surface area contributed by atoms with Gasteiger partial charge in [-0.1, -0.05) is 0 Å². The van der Waals surface area contributed by atoms with Crippen LogP contribution in [-0.2, 0) is 4.79 Å². The number of likely N-dealkylation sites (N-methyl/N-ethyl adjacent to an activating group) is 1. The summed E-state index contributed by atoms with van der Waals surface area (Å²) in [5.74, 6) is 0.558. The van der Waals surface area contributed by atoms with Gasteiger partial charge in [0, 0.05) is 31.6 Å². The highest BCUT2D eigenvalue weighted by molar-refractivity contribution is 5.85. The summed E-state index contributed by atoms with van der Waals surface area (Å²) in [5.41, 5.74) is -0.0800. The van der Waals surface area contributed by atoms with Crippen molar-refractivity contribution in [2.75, 3.05) is 46.4 Å². The van der Waals surface area contributed by atoms with Crippen LogP contribution in [0.15, 0.2) is 0 Å². The van der Waals surface area contributed by atoms with Crippen molar-refractivity contribution in [1.29, 1.82) is 0 Å². The summed E-state index contributed by atoms with van der Waals surface area (Å²) in [6, 6.07) is 0. The van der Waals surface area contributed by atoms with Crippen molar-refractivity contribution in [2.24, 2.45) is 11.3 Å². The molecule has 0 aliphatic carbocycles. The molecule has 0 aromatic heterocycles. The molecule has 0 radical (unpaired) electrons. The molecule has 0 aromatic carbocycles. The third kappa shape index (κ3) is 3.03. The lowest BCUT2D eigenvalue weighted by molar-refractivity contribution is -0.129. The summed E-state index contributed by atoms with van der Waals surface area (Å²) in [6.45, 7) is 3.80. The SMILES string of the molecule is CNCC(=O)N1CC2CNCC2(CO)C1.Cl.Cl. The van der Waals surface area contributed by atoms with Gasteiger partial charge in [-0.25, -0.2) is 0 Å². The highest BCUT2D eigenvalue weighted by atomic mass is 35.5. The van der Waals surface area contributed by atoms with E-state index in [9.17, 15) is 9.90 Å². The fourth-order valence-corrected chi connectivity index (χ4v) is 2.70. The van der Waals surface area contributed by atoms with Crippen LogP contribution in [0.1, 0.15) is 0 Å². The van der Waals surface area contributed by atoms with Gasteiger partial charge in [0.1, 0.15) is 0 Å². The van der Waals surface area contributed by atoms with E-state index in [4.69, 9.17) is 0 Å². The average molecular weight is 286 g/mol. The van der Waals surface area contributed by atoms with Crippen molar-refractivity contribution in [3.05, 3.63) is 0 Å². The van der Waals surface area contributed by atoms with Crippen LogP contribution in [0.2, 0.25) is 0 Å². The number of carbonyl (C=O) groups is 1. The maximum absolute atomic E-state index is 11.7. The Bertz CT molecular complexity index is 268. The predicted molar refractivity (Wildman–Crippen MR) is 70.9 cm³/mol. The lowest BCUT2D eigenvalue weighted by atomic mass is 9.82. The van der Waals surface area contributed by atoms with Crippen molar-refractivity contribution in [3.8, 4) is 0 Å². The summed E-state index contributed by atoms with van der Waals surface area (Å²) in [7, 11) is 1.78. The van der Waals surface area contributed by atoms with Crippen molar-refractivity contribution in [1.82, 2.24) is 15.5 Å². The zero-order valence-corrected chi connectivity index (χ0v) is 11.6. The normalized spacial score (nSPS) is 30.5. The van der Waals surface area contributed by atoms with Crippen LogP contribution in [0, 0.1) is 11.3 Å². The molecule has 2 rings (SSSR count).